The number of carbonyl (C=O) groups excluding carboxylic acids is 1. The lowest BCUT2D eigenvalue weighted by molar-refractivity contribution is -0.121. The minimum atomic E-state index is -0.203. The zero-order valence-corrected chi connectivity index (χ0v) is 25.6. The van der Waals surface area contributed by atoms with Gasteiger partial charge in [0.1, 0.15) is 11.1 Å². The molecule has 0 atom stereocenters. The number of allylic oxidation sites excluding steroid dienone is 2. The van der Waals surface area contributed by atoms with Gasteiger partial charge < -0.3 is 24.4 Å². The molecule has 7 rings (SSSR count). The van der Waals surface area contributed by atoms with Gasteiger partial charge in [-0.2, -0.15) is 4.98 Å². The molecule has 2 aromatic carbocycles. The van der Waals surface area contributed by atoms with Crippen LogP contribution < -0.4 is 20.5 Å². The largest absolute Gasteiger partial charge is 0.482 e. The number of hydrogen-bond donors (Lipinski definition) is 1. The second-order valence-corrected chi connectivity index (χ2v) is 11.5. The summed E-state index contributed by atoms with van der Waals surface area (Å²) in [7, 11) is 0. The predicted octanol–water partition coefficient (Wildman–Crippen LogP) is 4.48. The molecule has 12 heteroatoms. The minimum Gasteiger partial charge on any atom is -0.482 e. The summed E-state index contributed by atoms with van der Waals surface area (Å²) < 4.78 is 11.3. The molecule has 12 nitrogen and oxygen atoms in total. The zero-order valence-electron chi connectivity index (χ0n) is 25.6. The van der Waals surface area contributed by atoms with E-state index in [9.17, 15) is 9.59 Å². The van der Waals surface area contributed by atoms with E-state index in [1.807, 2.05) is 62.7 Å². The van der Waals surface area contributed by atoms with E-state index < -0.39 is 0 Å². The van der Waals surface area contributed by atoms with Gasteiger partial charge in [0, 0.05) is 31.5 Å². The van der Waals surface area contributed by atoms with Crippen molar-refractivity contribution >= 4 is 45.3 Å². The van der Waals surface area contributed by atoms with Crippen LogP contribution in [-0.2, 0) is 17.9 Å². The molecule has 0 radical (unpaired) electrons. The van der Waals surface area contributed by atoms with Crippen LogP contribution in [0.25, 0.3) is 27.8 Å². The molecule has 45 heavy (non-hydrogen) atoms. The zero-order chi connectivity index (χ0) is 30.9. The van der Waals surface area contributed by atoms with Gasteiger partial charge in [0.25, 0.3) is 11.5 Å². The van der Waals surface area contributed by atoms with Crippen LogP contribution >= 0.6 is 0 Å². The van der Waals surface area contributed by atoms with Gasteiger partial charge in [-0.1, -0.05) is 19.1 Å². The highest BCUT2D eigenvalue weighted by atomic mass is 16.5. The summed E-state index contributed by atoms with van der Waals surface area (Å²) in [6, 6.07) is 11.7. The number of carbonyl (C=O) groups is 1. The maximum absolute atomic E-state index is 13.6. The number of rotatable bonds is 10. The molecule has 1 N–H and O–H groups in total. The first kappa shape index (κ1) is 28.8. The fraction of sp³-hybridized carbons (Fsp3) is 0.364. The van der Waals surface area contributed by atoms with E-state index in [4.69, 9.17) is 9.72 Å². The summed E-state index contributed by atoms with van der Waals surface area (Å²) in [6.45, 7) is 9.17. The Morgan fingerprint density at radius 2 is 1.89 bits per heavy atom. The van der Waals surface area contributed by atoms with E-state index >= 15 is 0 Å². The maximum Gasteiger partial charge on any atom is 0.278 e. The standard InChI is InChI=1S/C33H37N9O3/c1-3-5-15-41-32(44)25-20-34-33(36-23-8-10-27-26(18-23)35-22-39(27)17-16-38-13-6-7-14-38)37-31(25)42(41)24-9-11-29-28(19-24)40(12-4-2)30(43)21-45-29/h3,5,8-11,18-20,22H,4,6-7,12-17,21H2,1-2H3,(H,34,36,37)/b5-3-. The van der Waals surface area contributed by atoms with Crippen molar-refractivity contribution in [2.24, 2.45) is 0 Å². The topological polar surface area (TPSA) is 115 Å². The molecular formula is C33H37N9O3. The Balaban J connectivity index is 1.24. The van der Waals surface area contributed by atoms with Gasteiger partial charge in [-0.05, 0) is 75.7 Å². The SMILES string of the molecule is C/C=C\Cn1c(=O)c2cnc(Nc3ccc4c(c3)ncn4CCN3CCCC3)nc2n1-c1ccc2c(c1)N(CCC)C(=O)CO2. The van der Waals surface area contributed by atoms with Crippen LogP contribution in [0.4, 0.5) is 17.3 Å². The average molecular weight is 608 g/mol. The molecule has 0 unspecified atom stereocenters. The Morgan fingerprint density at radius 1 is 1.02 bits per heavy atom. The van der Waals surface area contributed by atoms with Crippen LogP contribution in [0.1, 0.15) is 33.1 Å². The Bertz CT molecular complexity index is 1970. The van der Waals surface area contributed by atoms with Crippen molar-refractivity contribution in [1.82, 2.24) is 33.8 Å². The van der Waals surface area contributed by atoms with Crippen LogP contribution in [0, 0.1) is 0 Å². The third kappa shape index (κ3) is 5.46. The Labute approximate surface area is 260 Å². The third-order valence-corrected chi connectivity index (χ3v) is 8.50. The number of hydrogen-bond acceptors (Lipinski definition) is 8. The number of nitrogens with one attached hydrogen (secondary N) is 1. The molecule has 1 amide bonds. The van der Waals surface area contributed by atoms with Crippen LogP contribution in [0.2, 0.25) is 0 Å². The van der Waals surface area contributed by atoms with Crippen LogP contribution in [-0.4, -0.2) is 72.5 Å². The van der Waals surface area contributed by atoms with Crippen molar-refractivity contribution < 1.29 is 9.53 Å². The summed E-state index contributed by atoms with van der Waals surface area (Å²) in [5.41, 5.74) is 4.39. The molecule has 1 fully saturated rings. The highest BCUT2D eigenvalue weighted by Gasteiger charge is 2.26. The van der Waals surface area contributed by atoms with E-state index in [-0.39, 0.29) is 18.1 Å². The Hall–Kier alpha value is -4.97. The van der Waals surface area contributed by atoms with Crippen LogP contribution in [0.15, 0.2) is 65.9 Å². The number of imidazole rings is 1. The van der Waals surface area contributed by atoms with Crippen LogP contribution in [0.5, 0.6) is 5.75 Å². The van der Waals surface area contributed by atoms with Crippen molar-refractivity contribution in [3.05, 3.63) is 71.4 Å². The number of ether oxygens (including phenoxy) is 1. The highest BCUT2D eigenvalue weighted by molar-refractivity contribution is 5.98. The van der Waals surface area contributed by atoms with Crippen molar-refractivity contribution in [2.75, 3.05) is 43.0 Å². The summed E-state index contributed by atoms with van der Waals surface area (Å²) in [6.07, 6.45) is 10.7. The van der Waals surface area contributed by atoms with Crippen LogP contribution in [0.3, 0.4) is 0 Å². The summed E-state index contributed by atoms with van der Waals surface area (Å²) in [4.78, 5) is 44.5. The summed E-state index contributed by atoms with van der Waals surface area (Å²) in [5, 5.41) is 3.71. The monoisotopic (exact) mass is 607 g/mol. The van der Waals surface area contributed by atoms with Gasteiger partial charge in [0.15, 0.2) is 12.3 Å². The molecule has 1 saturated heterocycles. The molecule has 0 spiro atoms. The lowest BCUT2D eigenvalue weighted by Crippen LogP contribution is -2.39. The van der Waals surface area contributed by atoms with Crippen molar-refractivity contribution in [1.29, 1.82) is 0 Å². The lowest BCUT2D eigenvalue weighted by Gasteiger charge is -2.29. The van der Waals surface area contributed by atoms with Gasteiger partial charge >= 0.3 is 0 Å². The molecule has 0 aliphatic carbocycles. The second-order valence-electron chi connectivity index (χ2n) is 11.5. The van der Waals surface area contributed by atoms with Gasteiger partial charge in [0.05, 0.1) is 35.3 Å². The smallest absolute Gasteiger partial charge is 0.278 e. The van der Waals surface area contributed by atoms with Gasteiger partial charge in [-0.3, -0.25) is 9.59 Å². The quantitative estimate of drug-likeness (QED) is 0.231. The molecule has 3 aromatic heterocycles. The van der Waals surface area contributed by atoms with E-state index in [1.54, 1.807) is 20.5 Å². The first-order valence-electron chi connectivity index (χ1n) is 15.7. The minimum absolute atomic E-state index is 0.0116. The van der Waals surface area contributed by atoms with Gasteiger partial charge in [-0.15, -0.1) is 0 Å². The van der Waals surface area contributed by atoms with E-state index in [2.05, 4.69) is 30.8 Å². The Morgan fingerprint density at radius 3 is 2.71 bits per heavy atom. The summed E-state index contributed by atoms with van der Waals surface area (Å²) >= 11 is 0. The van der Waals surface area contributed by atoms with E-state index in [0.29, 0.717) is 47.2 Å². The molecule has 5 aromatic rings. The fourth-order valence-corrected chi connectivity index (χ4v) is 6.22. The fourth-order valence-electron chi connectivity index (χ4n) is 6.22. The van der Waals surface area contributed by atoms with E-state index in [1.165, 1.54) is 25.9 Å². The number of nitrogens with zero attached hydrogens (tertiary/aromatic N) is 8. The first-order chi connectivity index (χ1) is 22.0. The molecule has 0 saturated carbocycles. The number of likely N-dealkylation sites (tertiary alicyclic amines) is 1. The molecule has 2 aliphatic rings. The molecule has 232 valence electrons. The van der Waals surface area contributed by atoms with E-state index in [0.717, 1.165) is 36.2 Å². The number of benzene rings is 2. The number of anilines is 3. The third-order valence-electron chi connectivity index (χ3n) is 8.50. The number of amides is 1. The predicted molar refractivity (Wildman–Crippen MR) is 175 cm³/mol. The second kappa shape index (κ2) is 12.2. The maximum atomic E-state index is 13.6. The lowest BCUT2D eigenvalue weighted by atomic mass is 10.2. The average Bonchev–Trinajstić information content (AvgIpc) is 3.78. The van der Waals surface area contributed by atoms with Crippen molar-refractivity contribution in [3.63, 3.8) is 0 Å². The Kier molecular flexibility index (Phi) is 7.80. The summed E-state index contributed by atoms with van der Waals surface area (Å²) in [5.74, 6) is 0.903. The van der Waals surface area contributed by atoms with Crippen molar-refractivity contribution in [2.45, 2.75) is 46.2 Å². The molecule has 0 bridgehead atoms. The molecule has 5 heterocycles. The number of aromatic nitrogens is 6. The highest BCUT2D eigenvalue weighted by Crippen LogP contribution is 2.35. The van der Waals surface area contributed by atoms with Crippen molar-refractivity contribution in [3.8, 4) is 11.4 Å². The van der Waals surface area contributed by atoms with Gasteiger partial charge in [-0.25, -0.2) is 19.3 Å². The number of fused-ring (bicyclic) bond motifs is 3. The first-order valence-corrected chi connectivity index (χ1v) is 15.7. The van der Waals surface area contributed by atoms with Gasteiger partial charge in [0.2, 0.25) is 5.95 Å². The molecular weight excluding hydrogens is 570 g/mol. The normalized spacial score (nSPS) is 15.4. The molecule has 2 aliphatic heterocycles.